The smallest absolute Gasteiger partial charge is 0.350 e. The highest BCUT2D eigenvalue weighted by Gasteiger charge is 2.23. The quantitative estimate of drug-likeness (QED) is 0.200. The number of hydrogen-bond donors (Lipinski definition) is 2. The summed E-state index contributed by atoms with van der Waals surface area (Å²) >= 11 is 8.88. The molecule has 0 spiro atoms. The largest absolute Gasteiger partial charge is 0.496 e. The summed E-state index contributed by atoms with van der Waals surface area (Å²) in [7, 11) is 1.50. The number of halogens is 1. The number of methoxy groups -OCH3 is 1. The lowest BCUT2D eigenvalue weighted by Crippen LogP contribution is -2.13. The number of aromatic nitrogens is 1. The molecule has 0 fully saturated rings. The molecule has 0 saturated carbocycles. The van der Waals surface area contributed by atoms with Gasteiger partial charge in [-0.15, -0.1) is 22.7 Å². The summed E-state index contributed by atoms with van der Waals surface area (Å²) in [6, 6.07) is 18.2. The van der Waals surface area contributed by atoms with Gasteiger partial charge in [-0.2, -0.15) is 0 Å². The van der Waals surface area contributed by atoms with Crippen molar-refractivity contribution in [2.75, 3.05) is 24.8 Å². The van der Waals surface area contributed by atoms with Gasteiger partial charge >= 0.3 is 5.97 Å². The summed E-state index contributed by atoms with van der Waals surface area (Å²) < 4.78 is 10.5. The first-order valence-corrected chi connectivity index (χ1v) is 13.7. The fourth-order valence-corrected chi connectivity index (χ4v) is 5.91. The summed E-state index contributed by atoms with van der Waals surface area (Å²) in [5.74, 6) is -0.384. The second-order valence-electron chi connectivity index (χ2n) is 8.15. The summed E-state index contributed by atoms with van der Waals surface area (Å²) in [5, 5.41) is 6.00. The van der Waals surface area contributed by atoms with Gasteiger partial charge in [0, 0.05) is 16.1 Å². The predicted molar refractivity (Wildman–Crippen MR) is 155 cm³/mol. The lowest BCUT2D eigenvalue weighted by molar-refractivity contribution is 0.0533. The number of anilines is 2. The molecule has 0 unspecified atom stereocenters. The number of nitrogens with two attached hydrogens (primary N) is 1. The number of rotatable bonds is 7. The minimum Gasteiger partial charge on any atom is -0.496 e. The molecular weight excluding hydrogens is 542 g/mol. The first-order valence-electron chi connectivity index (χ1n) is 11.6. The highest BCUT2D eigenvalue weighted by molar-refractivity contribution is 7.21. The molecule has 1 amide bonds. The van der Waals surface area contributed by atoms with Crippen LogP contribution in [0.1, 0.15) is 27.0 Å². The Kier molecular flexibility index (Phi) is 7.33. The average Bonchev–Trinajstić information content (AvgIpc) is 3.57. The van der Waals surface area contributed by atoms with Crippen molar-refractivity contribution in [3.05, 3.63) is 81.5 Å². The molecular formula is C28H22ClN3O4S2. The topological polar surface area (TPSA) is 104 Å². The summed E-state index contributed by atoms with van der Waals surface area (Å²) in [6.45, 7) is 2.00. The maximum atomic E-state index is 12.9. The third kappa shape index (κ3) is 4.96. The molecule has 0 radical (unpaired) electrons. The van der Waals surface area contributed by atoms with E-state index < -0.39 is 5.97 Å². The molecule has 10 heteroatoms. The number of ether oxygens (including phenoxy) is 2. The van der Waals surface area contributed by atoms with Gasteiger partial charge in [0.1, 0.15) is 15.5 Å². The van der Waals surface area contributed by atoms with Crippen LogP contribution < -0.4 is 15.8 Å². The third-order valence-corrected chi connectivity index (χ3v) is 8.00. The number of nitrogens with zero attached hydrogens (tertiary/aromatic N) is 1. The molecule has 3 heterocycles. The van der Waals surface area contributed by atoms with Gasteiger partial charge in [0.2, 0.25) is 0 Å². The molecule has 3 N–H and O–H groups in total. The van der Waals surface area contributed by atoms with Crippen LogP contribution in [0, 0.1) is 0 Å². The number of nitrogen functional groups attached to an aromatic ring is 1. The van der Waals surface area contributed by atoms with Crippen LogP contribution in [0.3, 0.4) is 0 Å². The van der Waals surface area contributed by atoms with Crippen molar-refractivity contribution in [1.82, 2.24) is 4.98 Å². The van der Waals surface area contributed by atoms with Gasteiger partial charge in [0.05, 0.1) is 35.5 Å². The van der Waals surface area contributed by atoms with E-state index in [9.17, 15) is 9.59 Å². The van der Waals surface area contributed by atoms with Gasteiger partial charge < -0.3 is 20.5 Å². The molecule has 0 saturated heterocycles. The minimum absolute atomic E-state index is 0.251. The molecule has 5 rings (SSSR count). The third-order valence-electron chi connectivity index (χ3n) is 5.79. The van der Waals surface area contributed by atoms with Crippen molar-refractivity contribution >= 4 is 67.7 Å². The number of esters is 1. The molecule has 0 aliphatic heterocycles. The lowest BCUT2D eigenvalue weighted by atomic mass is 10.0. The van der Waals surface area contributed by atoms with Crippen LogP contribution in [0.4, 0.5) is 11.4 Å². The van der Waals surface area contributed by atoms with E-state index in [2.05, 4.69) is 5.32 Å². The van der Waals surface area contributed by atoms with Gasteiger partial charge in [-0.1, -0.05) is 29.8 Å². The Labute approximate surface area is 231 Å². The minimum atomic E-state index is -0.467. The molecule has 0 atom stereocenters. The number of thiophene rings is 2. The number of carbonyl (C=O) groups is 2. The molecule has 0 bridgehead atoms. The zero-order valence-electron chi connectivity index (χ0n) is 20.4. The monoisotopic (exact) mass is 563 g/mol. The molecule has 192 valence electrons. The maximum absolute atomic E-state index is 12.9. The van der Waals surface area contributed by atoms with E-state index in [1.54, 1.807) is 48.6 Å². The highest BCUT2D eigenvalue weighted by atomic mass is 35.5. The van der Waals surface area contributed by atoms with Gasteiger partial charge in [0.25, 0.3) is 5.91 Å². The normalized spacial score (nSPS) is 10.9. The Bertz CT molecular complexity index is 1650. The van der Waals surface area contributed by atoms with Crippen LogP contribution in [0.5, 0.6) is 5.75 Å². The second-order valence-corrected chi connectivity index (χ2v) is 10.5. The van der Waals surface area contributed by atoms with E-state index in [1.165, 1.54) is 18.4 Å². The average molecular weight is 564 g/mol. The van der Waals surface area contributed by atoms with Crippen molar-refractivity contribution < 1.29 is 19.1 Å². The van der Waals surface area contributed by atoms with E-state index in [0.717, 1.165) is 21.7 Å². The number of pyridine rings is 1. The number of carbonyl (C=O) groups excluding carboxylic acids is 2. The number of fused-ring (bicyclic) bond motifs is 1. The number of nitrogens with one attached hydrogen (secondary N) is 1. The SMILES string of the molecule is CCOC(=O)c1sc2nc(-c3cccs3)cc(-c3ccc(NC(=O)c4cc(Cl)ccc4OC)cc3)c2c1N. The van der Waals surface area contributed by atoms with Crippen LogP contribution in [-0.2, 0) is 4.74 Å². The number of hydrogen-bond acceptors (Lipinski definition) is 8. The lowest BCUT2D eigenvalue weighted by Gasteiger charge is -2.11. The van der Waals surface area contributed by atoms with Crippen LogP contribution in [-0.4, -0.2) is 30.6 Å². The maximum Gasteiger partial charge on any atom is 0.350 e. The van der Waals surface area contributed by atoms with Gasteiger partial charge in [0.15, 0.2) is 0 Å². The highest BCUT2D eigenvalue weighted by Crippen LogP contribution is 2.42. The Morgan fingerprint density at radius 2 is 1.89 bits per heavy atom. The van der Waals surface area contributed by atoms with Crippen molar-refractivity contribution in [1.29, 1.82) is 0 Å². The molecule has 38 heavy (non-hydrogen) atoms. The molecule has 5 aromatic rings. The summed E-state index contributed by atoms with van der Waals surface area (Å²) in [6.07, 6.45) is 0. The predicted octanol–water partition coefficient (Wildman–Crippen LogP) is 7.37. The van der Waals surface area contributed by atoms with E-state index in [-0.39, 0.29) is 12.5 Å². The zero-order valence-corrected chi connectivity index (χ0v) is 22.8. The summed E-state index contributed by atoms with van der Waals surface area (Å²) in [4.78, 5) is 32.2. The fourth-order valence-electron chi connectivity index (χ4n) is 4.04. The van der Waals surface area contributed by atoms with Gasteiger partial charge in [-0.3, -0.25) is 4.79 Å². The Morgan fingerprint density at radius 3 is 2.58 bits per heavy atom. The summed E-state index contributed by atoms with van der Waals surface area (Å²) in [5.41, 5.74) is 10.2. The van der Waals surface area contributed by atoms with Crippen molar-refractivity contribution in [3.63, 3.8) is 0 Å². The molecule has 3 aromatic heterocycles. The van der Waals surface area contributed by atoms with Crippen LogP contribution in [0.2, 0.25) is 5.02 Å². The van der Waals surface area contributed by atoms with Crippen LogP contribution in [0.15, 0.2) is 66.0 Å². The molecule has 0 aliphatic carbocycles. The van der Waals surface area contributed by atoms with Crippen molar-refractivity contribution in [2.45, 2.75) is 6.92 Å². The Morgan fingerprint density at radius 1 is 1.11 bits per heavy atom. The van der Waals surface area contributed by atoms with Crippen molar-refractivity contribution in [3.8, 4) is 27.4 Å². The number of benzene rings is 2. The molecule has 0 aliphatic rings. The number of amides is 1. The van der Waals surface area contributed by atoms with Crippen LogP contribution in [0.25, 0.3) is 31.9 Å². The van der Waals surface area contributed by atoms with Gasteiger partial charge in [-0.05, 0) is 65.9 Å². The van der Waals surface area contributed by atoms with Gasteiger partial charge in [-0.25, -0.2) is 9.78 Å². The molecule has 2 aromatic carbocycles. The first-order chi connectivity index (χ1) is 18.4. The van der Waals surface area contributed by atoms with E-state index in [0.29, 0.717) is 42.8 Å². The fraction of sp³-hybridized carbons (Fsp3) is 0.107. The zero-order chi connectivity index (χ0) is 26.8. The molecule has 7 nitrogen and oxygen atoms in total. The van der Waals surface area contributed by atoms with Crippen LogP contribution >= 0.6 is 34.3 Å². The van der Waals surface area contributed by atoms with E-state index in [1.807, 2.05) is 35.7 Å². The first kappa shape index (κ1) is 25.7. The van der Waals surface area contributed by atoms with E-state index in [4.69, 9.17) is 31.8 Å². The van der Waals surface area contributed by atoms with Crippen molar-refractivity contribution in [2.24, 2.45) is 0 Å². The van der Waals surface area contributed by atoms with E-state index >= 15 is 0 Å². The standard InChI is InChI=1S/C28H22ClN3O4S2/c1-3-36-28(34)25-24(30)23-18(14-20(32-27(23)38-25)22-5-4-12-37-22)15-6-9-17(10-7-15)31-26(33)19-13-16(29)8-11-21(19)35-2/h4-14H,3,30H2,1-2H3,(H,31,33). The Hall–Kier alpha value is -3.92. The Balaban J connectivity index is 1.54. The second kappa shape index (κ2) is 10.8.